The van der Waals surface area contributed by atoms with E-state index in [1.165, 1.54) is 5.56 Å². The minimum absolute atomic E-state index is 0.0273. The Morgan fingerprint density at radius 1 is 1.50 bits per heavy atom. The molecule has 4 heteroatoms. The number of benzene rings is 1. The molecule has 1 aliphatic heterocycles. The zero-order chi connectivity index (χ0) is 9.97. The lowest BCUT2D eigenvalue weighted by atomic mass is 10.1. The summed E-state index contributed by atoms with van der Waals surface area (Å²) in [7, 11) is 0. The highest BCUT2D eigenvalue weighted by Gasteiger charge is 2.14. The van der Waals surface area contributed by atoms with Crippen LogP contribution in [0, 0.1) is 6.92 Å². The van der Waals surface area contributed by atoms with E-state index in [9.17, 15) is 0 Å². The Hall–Kier alpha value is -1.42. The topological polar surface area (TPSA) is 36.4 Å². The number of nitrogens with zero attached hydrogens (tertiary/aromatic N) is 1. The highest BCUT2D eigenvalue weighted by molar-refractivity contribution is 7.79. The second kappa shape index (κ2) is 3.75. The van der Waals surface area contributed by atoms with Gasteiger partial charge < -0.3 is 5.32 Å². The van der Waals surface area contributed by atoms with Crippen molar-refractivity contribution in [2.45, 2.75) is 13.1 Å². The first-order valence-corrected chi connectivity index (χ1v) is 4.89. The number of rotatable bonds is 2. The minimum Gasteiger partial charge on any atom is -0.343 e. The molecule has 1 aromatic carbocycles. The Kier molecular flexibility index (Phi) is 2.45. The molecule has 0 fully saturated rings. The zero-order valence-electron chi connectivity index (χ0n) is 7.82. The normalized spacial score (nSPS) is 19.5. The Bertz CT molecular complexity index is 387. The maximum absolute atomic E-state index is 4.82. The number of hydrogen-bond donors (Lipinski definition) is 2. The lowest BCUT2D eigenvalue weighted by Gasteiger charge is -2.05. The Morgan fingerprint density at radius 3 is 3.00 bits per heavy atom. The average Bonchev–Trinajstić information content (AvgIpc) is 2.66. The Labute approximate surface area is 88.2 Å². The molecule has 0 saturated heterocycles. The summed E-state index contributed by atoms with van der Waals surface area (Å²) in [5.74, 6) is 0.847. The van der Waals surface area contributed by atoms with E-state index in [-0.39, 0.29) is 6.17 Å². The quantitative estimate of drug-likeness (QED) is 0.712. The summed E-state index contributed by atoms with van der Waals surface area (Å²) in [6.07, 6.45) is -0.0273. The standard InChI is InChI=1S/C10H11N3S/c1-7-3-2-4-8(5-7)10-11-9(6-14)12-13-10/h2-6,9,12H,1H3,(H,11,13). The highest BCUT2D eigenvalue weighted by atomic mass is 32.1. The summed E-state index contributed by atoms with van der Waals surface area (Å²) in [5.41, 5.74) is 5.19. The molecule has 14 heavy (non-hydrogen) atoms. The van der Waals surface area contributed by atoms with Gasteiger partial charge in [0.2, 0.25) is 0 Å². The second-order valence-corrected chi connectivity index (χ2v) is 3.49. The van der Waals surface area contributed by atoms with Crippen molar-refractivity contribution in [3.05, 3.63) is 35.4 Å². The molecule has 1 heterocycles. The van der Waals surface area contributed by atoms with Crippen LogP contribution in [0.25, 0.3) is 0 Å². The van der Waals surface area contributed by atoms with Gasteiger partial charge in [0.25, 0.3) is 0 Å². The lowest BCUT2D eigenvalue weighted by Crippen LogP contribution is -2.35. The highest BCUT2D eigenvalue weighted by Crippen LogP contribution is 2.06. The van der Waals surface area contributed by atoms with Crippen LogP contribution in [0.15, 0.2) is 29.4 Å². The van der Waals surface area contributed by atoms with E-state index in [0.29, 0.717) is 0 Å². The summed E-state index contributed by atoms with van der Waals surface area (Å²) in [6.45, 7) is 2.06. The third kappa shape index (κ3) is 1.75. The fraction of sp³-hybridized carbons (Fsp3) is 0.200. The summed E-state index contributed by atoms with van der Waals surface area (Å²) in [4.78, 5) is 0. The smallest absolute Gasteiger partial charge is 0.155 e. The van der Waals surface area contributed by atoms with Gasteiger partial charge in [0.1, 0.15) is 6.17 Å². The Morgan fingerprint density at radius 2 is 2.36 bits per heavy atom. The van der Waals surface area contributed by atoms with Crippen molar-refractivity contribution in [1.82, 2.24) is 10.7 Å². The fourth-order valence-corrected chi connectivity index (χ4v) is 1.48. The van der Waals surface area contributed by atoms with E-state index in [4.69, 9.17) is 12.2 Å². The molecular weight excluding hydrogens is 194 g/mol. The first-order chi connectivity index (χ1) is 6.79. The third-order valence-electron chi connectivity index (χ3n) is 2.04. The molecule has 2 rings (SSSR count). The van der Waals surface area contributed by atoms with Gasteiger partial charge in [-0.3, -0.25) is 5.43 Å². The molecule has 0 spiro atoms. The van der Waals surface area contributed by atoms with Gasteiger partial charge in [-0.25, -0.2) is 0 Å². The molecule has 0 amide bonds. The average molecular weight is 205 g/mol. The monoisotopic (exact) mass is 205 g/mol. The van der Waals surface area contributed by atoms with E-state index in [1.54, 1.807) is 5.37 Å². The molecule has 0 radical (unpaired) electrons. The van der Waals surface area contributed by atoms with Crippen molar-refractivity contribution < 1.29 is 0 Å². The number of hydrogen-bond acceptors (Lipinski definition) is 4. The van der Waals surface area contributed by atoms with Crippen LogP contribution in [0.1, 0.15) is 11.1 Å². The van der Waals surface area contributed by atoms with E-state index in [0.717, 1.165) is 11.4 Å². The largest absolute Gasteiger partial charge is 0.343 e. The SMILES string of the molecule is Cc1cccc(C2=NNC(C=S)N2)c1. The molecule has 1 atom stereocenters. The third-order valence-corrected chi connectivity index (χ3v) is 2.31. The van der Waals surface area contributed by atoms with Crippen molar-refractivity contribution in [2.24, 2.45) is 5.10 Å². The molecule has 0 aliphatic carbocycles. The number of nitrogens with one attached hydrogen (secondary N) is 2. The van der Waals surface area contributed by atoms with Gasteiger partial charge in [-0.15, -0.1) is 0 Å². The van der Waals surface area contributed by atoms with Crippen LogP contribution >= 0.6 is 12.2 Å². The summed E-state index contributed by atoms with van der Waals surface area (Å²) < 4.78 is 0. The molecule has 0 saturated carbocycles. The predicted molar refractivity (Wildman–Crippen MR) is 61.4 cm³/mol. The maximum Gasteiger partial charge on any atom is 0.155 e. The molecule has 72 valence electrons. The van der Waals surface area contributed by atoms with Gasteiger partial charge in [0.05, 0.1) is 0 Å². The van der Waals surface area contributed by atoms with Crippen molar-refractivity contribution in [3.8, 4) is 0 Å². The summed E-state index contributed by atoms with van der Waals surface area (Å²) in [6, 6.07) is 8.17. The van der Waals surface area contributed by atoms with Gasteiger partial charge in [-0.1, -0.05) is 36.0 Å². The summed E-state index contributed by atoms with van der Waals surface area (Å²) >= 11 is 4.82. The number of hydrazone groups is 1. The molecule has 1 aliphatic rings. The van der Waals surface area contributed by atoms with Gasteiger partial charge in [0, 0.05) is 10.9 Å². The first-order valence-electron chi connectivity index (χ1n) is 4.41. The number of thiocarbonyl (C=S) groups is 1. The van der Waals surface area contributed by atoms with E-state index in [2.05, 4.69) is 34.9 Å². The van der Waals surface area contributed by atoms with Crippen LogP contribution in [0.2, 0.25) is 0 Å². The van der Waals surface area contributed by atoms with Gasteiger partial charge >= 0.3 is 0 Å². The second-order valence-electron chi connectivity index (χ2n) is 3.22. The molecule has 2 N–H and O–H groups in total. The van der Waals surface area contributed by atoms with Gasteiger partial charge in [0.15, 0.2) is 5.84 Å². The van der Waals surface area contributed by atoms with Gasteiger partial charge in [-0.05, 0) is 13.0 Å². The van der Waals surface area contributed by atoms with Crippen molar-refractivity contribution in [3.63, 3.8) is 0 Å². The van der Waals surface area contributed by atoms with Crippen LogP contribution < -0.4 is 10.7 Å². The van der Waals surface area contributed by atoms with E-state index < -0.39 is 0 Å². The van der Waals surface area contributed by atoms with Crippen molar-refractivity contribution in [1.29, 1.82) is 0 Å². The van der Waals surface area contributed by atoms with Gasteiger partial charge in [-0.2, -0.15) is 5.10 Å². The predicted octanol–water partition coefficient (Wildman–Crippen LogP) is 1.18. The number of amidine groups is 1. The lowest BCUT2D eigenvalue weighted by molar-refractivity contribution is 0.694. The first kappa shape index (κ1) is 9.15. The van der Waals surface area contributed by atoms with E-state index in [1.807, 2.05) is 12.1 Å². The van der Waals surface area contributed by atoms with E-state index >= 15 is 0 Å². The molecule has 0 bridgehead atoms. The zero-order valence-corrected chi connectivity index (χ0v) is 8.64. The van der Waals surface area contributed by atoms with Crippen molar-refractivity contribution >= 4 is 23.4 Å². The van der Waals surface area contributed by atoms with Crippen LogP contribution in [-0.2, 0) is 0 Å². The van der Waals surface area contributed by atoms with Crippen LogP contribution in [0.3, 0.4) is 0 Å². The fourth-order valence-electron chi connectivity index (χ4n) is 1.35. The molecule has 1 aromatic rings. The minimum atomic E-state index is -0.0273. The van der Waals surface area contributed by atoms with Crippen LogP contribution in [-0.4, -0.2) is 17.4 Å². The Balaban J connectivity index is 2.21. The maximum atomic E-state index is 4.82. The molecule has 0 aromatic heterocycles. The molecule has 3 nitrogen and oxygen atoms in total. The molecule has 1 unspecified atom stereocenters. The van der Waals surface area contributed by atoms with Crippen LogP contribution in [0.4, 0.5) is 0 Å². The molecular formula is C10H11N3S. The summed E-state index contributed by atoms with van der Waals surface area (Å²) in [5, 5.41) is 8.94. The number of aryl methyl sites for hydroxylation is 1. The van der Waals surface area contributed by atoms with Crippen molar-refractivity contribution in [2.75, 3.05) is 0 Å². The van der Waals surface area contributed by atoms with Crippen LogP contribution in [0.5, 0.6) is 0 Å².